The van der Waals surface area contributed by atoms with E-state index in [2.05, 4.69) is 39.8 Å². The van der Waals surface area contributed by atoms with Crippen LogP contribution in [0.2, 0.25) is 0 Å². The van der Waals surface area contributed by atoms with Crippen LogP contribution >= 0.6 is 0 Å². The summed E-state index contributed by atoms with van der Waals surface area (Å²) in [6.45, 7) is 3.75. The number of nitrogens with one attached hydrogen (secondary N) is 2. The Balaban J connectivity index is 1.45. The highest BCUT2D eigenvalue weighted by atomic mass is 16.2. The fraction of sp³-hybridized carbons (Fsp3) is 0.200. The highest BCUT2D eigenvalue weighted by molar-refractivity contribution is 6.05. The van der Waals surface area contributed by atoms with E-state index in [4.69, 9.17) is 0 Å². The van der Waals surface area contributed by atoms with E-state index in [1.54, 1.807) is 19.2 Å². The Morgan fingerprint density at radius 2 is 1.67 bits per heavy atom. The molecule has 30 heavy (non-hydrogen) atoms. The second-order valence-electron chi connectivity index (χ2n) is 7.56. The number of hydrogen-bond donors (Lipinski definition) is 2. The van der Waals surface area contributed by atoms with Crippen LogP contribution in [0.1, 0.15) is 37.4 Å². The fourth-order valence-electron chi connectivity index (χ4n) is 3.79. The lowest BCUT2D eigenvalue weighted by Gasteiger charge is -2.19. The van der Waals surface area contributed by atoms with Gasteiger partial charge in [0.2, 0.25) is 0 Å². The number of nitrogens with zero attached hydrogens (tertiary/aromatic N) is 1. The van der Waals surface area contributed by atoms with Crippen molar-refractivity contribution in [1.82, 2.24) is 5.32 Å². The summed E-state index contributed by atoms with van der Waals surface area (Å²) >= 11 is 0. The first kappa shape index (κ1) is 19.7. The summed E-state index contributed by atoms with van der Waals surface area (Å²) < 4.78 is 0. The minimum atomic E-state index is -0.190. The molecule has 0 fully saturated rings. The second kappa shape index (κ2) is 8.41. The largest absolute Gasteiger partial charge is 0.367 e. The molecule has 1 aliphatic heterocycles. The molecule has 2 amide bonds. The minimum Gasteiger partial charge on any atom is -0.367 e. The number of hydrogen-bond acceptors (Lipinski definition) is 3. The van der Waals surface area contributed by atoms with E-state index in [9.17, 15) is 9.59 Å². The highest BCUT2D eigenvalue weighted by Gasteiger charge is 2.18. The molecule has 3 aromatic carbocycles. The van der Waals surface area contributed by atoms with Crippen LogP contribution in [0.4, 0.5) is 11.4 Å². The van der Waals surface area contributed by atoms with Crippen molar-refractivity contribution in [2.75, 3.05) is 23.8 Å². The van der Waals surface area contributed by atoms with Crippen molar-refractivity contribution < 1.29 is 9.59 Å². The lowest BCUT2D eigenvalue weighted by atomic mass is 10.1. The fourth-order valence-corrected chi connectivity index (χ4v) is 3.79. The third-order valence-electron chi connectivity index (χ3n) is 5.55. The van der Waals surface area contributed by atoms with E-state index in [1.165, 1.54) is 16.8 Å². The van der Waals surface area contributed by atoms with E-state index < -0.39 is 0 Å². The molecule has 0 unspecified atom stereocenters. The summed E-state index contributed by atoms with van der Waals surface area (Å²) in [6.07, 6.45) is 1.07. The zero-order valence-electron chi connectivity index (χ0n) is 17.2. The van der Waals surface area contributed by atoms with Crippen molar-refractivity contribution in [2.24, 2.45) is 0 Å². The van der Waals surface area contributed by atoms with E-state index in [0.717, 1.165) is 25.1 Å². The smallest absolute Gasteiger partial charge is 0.255 e. The van der Waals surface area contributed by atoms with Crippen LogP contribution in [0.25, 0.3) is 0 Å². The van der Waals surface area contributed by atoms with Gasteiger partial charge in [-0.1, -0.05) is 36.4 Å². The Morgan fingerprint density at radius 3 is 2.43 bits per heavy atom. The van der Waals surface area contributed by atoms with Crippen LogP contribution in [0.5, 0.6) is 0 Å². The molecule has 0 saturated heterocycles. The molecule has 0 radical (unpaired) electrons. The molecule has 0 saturated carbocycles. The molecule has 0 spiro atoms. The van der Waals surface area contributed by atoms with E-state index in [1.807, 2.05) is 37.3 Å². The van der Waals surface area contributed by atoms with Crippen molar-refractivity contribution in [2.45, 2.75) is 19.9 Å². The third kappa shape index (κ3) is 4.06. The predicted octanol–water partition coefficient (Wildman–Crippen LogP) is 4.17. The van der Waals surface area contributed by atoms with E-state index >= 15 is 0 Å². The summed E-state index contributed by atoms with van der Waals surface area (Å²) in [5, 5.41) is 5.52. The van der Waals surface area contributed by atoms with Gasteiger partial charge in [-0.05, 0) is 60.4 Å². The van der Waals surface area contributed by atoms with Crippen molar-refractivity contribution in [3.8, 4) is 0 Å². The first-order valence-electron chi connectivity index (χ1n) is 10.1. The van der Waals surface area contributed by atoms with Gasteiger partial charge in [0.05, 0.1) is 0 Å². The van der Waals surface area contributed by atoms with Crippen LogP contribution in [0.3, 0.4) is 0 Å². The Hall–Kier alpha value is -3.60. The molecule has 4 rings (SSSR count). The number of rotatable bonds is 5. The van der Waals surface area contributed by atoms with Gasteiger partial charge < -0.3 is 15.5 Å². The Morgan fingerprint density at radius 1 is 0.933 bits per heavy atom. The maximum Gasteiger partial charge on any atom is 0.255 e. The van der Waals surface area contributed by atoms with E-state index in [-0.39, 0.29) is 11.8 Å². The van der Waals surface area contributed by atoms with Crippen LogP contribution in [0.15, 0.2) is 66.7 Å². The average Bonchev–Trinajstić information content (AvgIpc) is 3.18. The highest BCUT2D eigenvalue weighted by Crippen LogP contribution is 2.28. The molecule has 1 heterocycles. The number of benzene rings is 3. The molecular weight excluding hydrogens is 374 g/mol. The summed E-state index contributed by atoms with van der Waals surface area (Å²) in [4.78, 5) is 26.9. The lowest BCUT2D eigenvalue weighted by molar-refractivity contribution is 0.0961. The van der Waals surface area contributed by atoms with Crippen LogP contribution in [-0.2, 0) is 13.0 Å². The van der Waals surface area contributed by atoms with Gasteiger partial charge in [-0.15, -0.1) is 0 Å². The SMILES string of the molecule is CNC(=O)c1ccc(C)c(NC(=O)c2ccc(CN3CCc4ccccc43)cc2)c1. The Kier molecular flexibility index (Phi) is 5.53. The zero-order chi connectivity index (χ0) is 21.1. The molecule has 5 heteroatoms. The van der Waals surface area contributed by atoms with Crippen molar-refractivity contribution in [3.05, 3.63) is 94.5 Å². The number of fused-ring (bicyclic) bond motifs is 1. The zero-order valence-corrected chi connectivity index (χ0v) is 17.2. The number of para-hydroxylation sites is 1. The molecule has 0 aromatic heterocycles. The minimum absolute atomic E-state index is 0.182. The summed E-state index contributed by atoms with van der Waals surface area (Å²) in [6, 6.07) is 21.5. The topological polar surface area (TPSA) is 61.4 Å². The Labute approximate surface area is 176 Å². The van der Waals surface area contributed by atoms with Gasteiger partial charge in [0, 0.05) is 42.6 Å². The molecule has 0 bridgehead atoms. The van der Waals surface area contributed by atoms with Crippen molar-refractivity contribution in [3.63, 3.8) is 0 Å². The standard InChI is InChI=1S/C25H25N3O2/c1-17-7-10-21(24(29)26-2)15-22(17)27-25(30)20-11-8-18(9-12-20)16-28-14-13-19-5-3-4-6-23(19)28/h3-12,15H,13-14,16H2,1-2H3,(H,26,29)(H,27,30). The van der Waals surface area contributed by atoms with Crippen LogP contribution in [0, 0.1) is 6.92 Å². The quantitative estimate of drug-likeness (QED) is 0.677. The lowest BCUT2D eigenvalue weighted by Crippen LogP contribution is -2.20. The van der Waals surface area contributed by atoms with Crippen molar-refractivity contribution >= 4 is 23.2 Å². The molecular formula is C25H25N3O2. The summed E-state index contributed by atoms with van der Waals surface area (Å²) in [7, 11) is 1.59. The van der Waals surface area contributed by atoms with Gasteiger partial charge in [-0.25, -0.2) is 0 Å². The number of aryl methyl sites for hydroxylation is 1. The van der Waals surface area contributed by atoms with Gasteiger partial charge in [0.1, 0.15) is 0 Å². The predicted molar refractivity (Wildman–Crippen MR) is 120 cm³/mol. The molecule has 2 N–H and O–H groups in total. The maximum atomic E-state index is 12.7. The number of amides is 2. The normalized spacial score (nSPS) is 12.4. The van der Waals surface area contributed by atoms with E-state index in [0.29, 0.717) is 16.8 Å². The molecule has 1 aliphatic rings. The van der Waals surface area contributed by atoms with Crippen molar-refractivity contribution in [1.29, 1.82) is 0 Å². The monoisotopic (exact) mass is 399 g/mol. The number of anilines is 2. The third-order valence-corrected chi connectivity index (χ3v) is 5.55. The molecule has 0 aliphatic carbocycles. The van der Waals surface area contributed by atoms with Gasteiger partial charge in [-0.2, -0.15) is 0 Å². The van der Waals surface area contributed by atoms with Gasteiger partial charge in [0.15, 0.2) is 0 Å². The number of carbonyl (C=O) groups is 2. The summed E-state index contributed by atoms with van der Waals surface area (Å²) in [5.74, 6) is -0.372. The molecule has 152 valence electrons. The first-order valence-corrected chi connectivity index (χ1v) is 10.1. The summed E-state index contributed by atoms with van der Waals surface area (Å²) in [5.41, 5.74) is 6.50. The number of carbonyl (C=O) groups excluding carboxylic acids is 2. The Bertz CT molecular complexity index is 1090. The molecule has 3 aromatic rings. The van der Waals surface area contributed by atoms with Gasteiger partial charge >= 0.3 is 0 Å². The molecule has 0 atom stereocenters. The maximum absolute atomic E-state index is 12.7. The second-order valence-corrected chi connectivity index (χ2v) is 7.56. The van der Waals surface area contributed by atoms with Crippen LogP contribution in [-0.4, -0.2) is 25.4 Å². The first-order chi connectivity index (χ1) is 14.5. The average molecular weight is 399 g/mol. The molecule has 5 nitrogen and oxygen atoms in total. The van der Waals surface area contributed by atoms with Gasteiger partial charge in [-0.3, -0.25) is 9.59 Å². The van der Waals surface area contributed by atoms with Gasteiger partial charge in [0.25, 0.3) is 11.8 Å². The van der Waals surface area contributed by atoms with Crippen LogP contribution < -0.4 is 15.5 Å².